The zero-order chi connectivity index (χ0) is 11.3. The third kappa shape index (κ3) is 2.61. The standard InChI is InChI=1S/C10H18ClNO3/c11-7-6-10(8-13,12(14)15)9-4-2-1-3-5-9/h9,13H,1-8H2. The summed E-state index contributed by atoms with van der Waals surface area (Å²) < 4.78 is 0. The first-order valence-corrected chi connectivity index (χ1v) is 6.02. The molecule has 0 bridgehead atoms. The highest BCUT2D eigenvalue weighted by Gasteiger charge is 2.49. The van der Waals surface area contributed by atoms with Crippen LogP contribution in [0.2, 0.25) is 0 Å². The van der Waals surface area contributed by atoms with Crippen LogP contribution < -0.4 is 0 Å². The number of nitrogens with zero attached hydrogens (tertiary/aromatic N) is 1. The number of rotatable bonds is 5. The Hall–Kier alpha value is -0.350. The highest BCUT2D eigenvalue weighted by molar-refractivity contribution is 6.17. The molecular formula is C10H18ClNO3. The number of aliphatic hydroxyl groups is 1. The van der Waals surface area contributed by atoms with Gasteiger partial charge in [-0.3, -0.25) is 10.1 Å². The number of halogens is 1. The highest BCUT2D eigenvalue weighted by Crippen LogP contribution is 2.36. The fraction of sp³-hybridized carbons (Fsp3) is 1.00. The predicted molar refractivity (Wildman–Crippen MR) is 58.7 cm³/mol. The van der Waals surface area contributed by atoms with Crippen molar-refractivity contribution in [2.45, 2.75) is 44.1 Å². The van der Waals surface area contributed by atoms with Crippen LogP contribution in [-0.4, -0.2) is 28.1 Å². The smallest absolute Gasteiger partial charge is 0.248 e. The maximum absolute atomic E-state index is 11.1. The van der Waals surface area contributed by atoms with E-state index < -0.39 is 12.1 Å². The lowest BCUT2D eigenvalue weighted by atomic mass is 9.74. The lowest BCUT2D eigenvalue weighted by Gasteiger charge is -2.33. The van der Waals surface area contributed by atoms with Crippen molar-refractivity contribution in [2.24, 2.45) is 5.92 Å². The summed E-state index contributed by atoms with van der Waals surface area (Å²) in [5.74, 6) is 0.225. The Bertz CT molecular complexity index is 219. The van der Waals surface area contributed by atoms with Crippen molar-refractivity contribution in [1.29, 1.82) is 0 Å². The van der Waals surface area contributed by atoms with E-state index in [0.717, 1.165) is 32.1 Å². The van der Waals surface area contributed by atoms with Crippen LogP contribution in [-0.2, 0) is 0 Å². The van der Waals surface area contributed by atoms with Crippen LogP contribution in [0.15, 0.2) is 0 Å². The van der Waals surface area contributed by atoms with Gasteiger partial charge < -0.3 is 5.11 Å². The van der Waals surface area contributed by atoms with Gasteiger partial charge in [0, 0.05) is 23.1 Å². The van der Waals surface area contributed by atoms with Gasteiger partial charge in [0.1, 0.15) is 6.61 Å². The second-order valence-electron chi connectivity index (χ2n) is 4.29. The number of hydrogen-bond acceptors (Lipinski definition) is 3. The molecular weight excluding hydrogens is 218 g/mol. The van der Waals surface area contributed by atoms with E-state index in [2.05, 4.69) is 0 Å². The van der Waals surface area contributed by atoms with Crippen molar-refractivity contribution in [1.82, 2.24) is 0 Å². The first kappa shape index (κ1) is 12.7. The van der Waals surface area contributed by atoms with Crippen LogP contribution in [0.5, 0.6) is 0 Å². The summed E-state index contributed by atoms with van der Waals surface area (Å²) in [7, 11) is 0. The Morgan fingerprint density at radius 2 is 2.00 bits per heavy atom. The minimum atomic E-state index is -1.19. The minimum Gasteiger partial charge on any atom is -0.389 e. The Balaban J connectivity index is 2.80. The second-order valence-corrected chi connectivity index (χ2v) is 4.67. The molecule has 1 unspecified atom stereocenters. The molecule has 0 aromatic heterocycles. The molecule has 4 nitrogen and oxygen atoms in total. The van der Waals surface area contributed by atoms with Gasteiger partial charge in [0.15, 0.2) is 0 Å². The zero-order valence-corrected chi connectivity index (χ0v) is 9.58. The van der Waals surface area contributed by atoms with Gasteiger partial charge in [-0.15, -0.1) is 11.6 Å². The molecule has 88 valence electrons. The molecule has 0 heterocycles. The molecule has 5 heteroatoms. The fourth-order valence-electron chi connectivity index (χ4n) is 2.51. The molecule has 0 radical (unpaired) electrons. The molecule has 0 saturated heterocycles. The molecule has 1 aliphatic carbocycles. The highest BCUT2D eigenvalue weighted by atomic mass is 35.5. The molecule has 1 fully saturated rings. The van der Waals surface area contributed by atoms with Gasteiger partial charge in [0.2, 0.25) is 5.54 Å². The fourth-order valence-corrected chi connectivity index (χ4v) is 2.84. The summed E-state index contributed by atoms with van der Waals surface area (Å²) >= 11 is 5.61. The van der Waals surface area contributed by atoms with E-state index >= 15 is 0 Å². The van der Waals surface area contributed by atoms with Crippen LogP contribution in [0.4, 0.5) is 0 Å². The Morgan fingerprint density at radius 1 is 1.40 bits per heavy atom. The maximum Gasteiger partial charge on any atom is 0.248 e. The molecule has 0 aromatic carbocycles. The molecule has 0 spiro atoms. The third-order valence-electron chi connectivity index (χ3n) is 3.53. The van der Waals surface area contributed by atoms with Gasteiger partial charge in [-0.2, -0.15) is 0 Å². The SMILES string of the molecule is O=[N+]([O-])C(CO)(CCCl)C1CCCCC1. The molecule has 1 N–H and O–H groups in total. The molecule has 1 saturated carbocycles. The van der Waals surface area contributed by atoms with Gasteiger partial charge in [-0.25, -0.2) is 0 Å². The summed E-state index contributed by atoms with van der Waals surface area (Å²) in [6, 6.07) is 0. The van der Waals surface area contributed by atoms with E-state index in [1.54, 1.807) is 0 Å². The normalized spacial score (nSPS) is 22.3. The van der Waals surface area contributed by atoms with Crippen molar-refractivity contribution in [3.8, 4) is 0 Å². The summed E-state index contributed by atoms with van der Waals surface area (Å²) in [5, 5.41) is 20.5. The first-order chi connectivity index (χ1) is 7.17. The van der Waals surface area contributed by atoms with Crippen LogP contribution >= 0.6 is 11.6 Å². The van der Waals surface area contributed by atoms with Crippen LogP contribution in [0.1, 0.15) is 38.5 Å². The van der Waals surface area contributed by atoms with Gasteiger partial charge in [-0.05, 0) is 12.8 Å². The van der Waals surface area contributed by atoms with Crippen molar-refractivity contribution < 1.29 is 10.0 Å². The minimum absolute atomic E-state index is 0.00926. The quantitative estimate of drug-likeness (QED) is 0.451. The van der Waals surface area contributed by atoms with E-state index in [4.69, 9.17) is 11.6 Å². The van der Waals surface area contributed by atoms with Gasteiger partial charge in [0.25, 0.3) is 0 Å². The Labute approximate surface area is 94.8 Å². The molecule has 1 atom stereocenters. The number of nitro groups is 1. The Morgan fingerprint density at radius 3 is 2.40 bits per heavy atom. The lowest BCUT2D eigenvalue weighted by Crippen LogP contribution is -2.50. The van der Waals surface area contributed by atoms with E-state index in [1.165, 1.54) is 0 Å². The lowest BCUT2D eigenvalue weighted by molar-refractivity contribution is -0.586. The van der Waals surface area contributed by atoms with E-state index in [-0.39, 0.29) is 23.1 Å². The van der Waals surface area contributed by atoms with Crippen molar-refractivity contribution in [3.05, 3.63) is 10.1 Å². The van der Waals surface area contributed by atoms with E-state index in [0.29, 0.717) is 0 Å². The monoisotopic (exact) mass is 235 g/mol. The number of alkyl halides is 1. The average Bonchev–Trinajstić information content (AvgIpc) is 2.26. The summed E-state index contributed by atoms with van der Waals surface area (Å²) in [4.78, 5) is 10.8. The molecule has 15 heavy (non-hydrogen) atoms. The Kier molecular flexibility index (Phi) is 4.80. The molecule has 0 aliphatic heterocycles. The largest absolute Gasteiger partial charge is 0.389 e. The van der Waals surface area contributed by atoms with Crippen molar-refractivity contribution in [3.63, 3.8) is 0 Å². The van der Waals surface area contributed by atoms with Gasteiger partial charge in [-0.1, -0.05) is 19.3 Å². The van der Waals surface area contributed by atoms with Crippen LogP contribution in [0, 0.1) is 16.0 Å². The average molecular weight is 236 g/mol. The summed E-state index contributed by atoms with van der Waals surface area (Å²) in [5.41, 5.74) is -1.19. The van der Waals surface area contributed by atoms with Crippen LogP contribution in [0.3, 0.4) is 0 Å². The van der Waals surface area contributed by atoms with Crippen molar-refractivity contribution in [2.75, 3.05) is 12.5 Å². The third-order valence-corrected chi connectivity index (χ3v) is 3.72. The van der Waals surface area contributed by atoms with E-state index in [1.807, 2.05) is 0 Å². The zero-order valence-electron chi connectivity index (χ0n) is 8.82. The summed E-state index contributed by atoms with van der Waals surface area (Å²) in [6.07, 6.45) is 5.17. The molecule has 0 aromatic rings. The predicted octanol–water partition coefficient (Wildman–Crippen LogP) is 2.20. The molecule has 1 rings (SSSR count). The van der Waals surface area contributed by atoms with Gasteiger partial charge >= 0.3 is 0 Å². The molecule has 1 aliphatic rings. The first-order valence-electron chi connectivity index (χ1n) is 5.48. The second kappa shape index (κ2) is 5.66. The number of aliphatic hydroxyl groups excluding tert-OH is 1. The van der Waals surface area contributed by atoms with Crippen LogP contribution in [0.25, 0.3) is 0 Å². The van der Waals surface area contributed by atoms with Crippen molar-refractivity contribution >= 4 is 11.6 Å². The van der Waals surface area contributed by atoms with E-state index in [9.17, 15) is 15.2 Å². The molecule has 0 amide bonds. The van der Waals surface area contributed by atoms with Gasteiger partial charge in [0.05, 0.1) is 0 Å². The number of hydrogen-bond donors (Lipinski definition) is 1. The maximum atomic E-state index is 11.1. The summed E-state index contributed by atoms with van der Waals surface area (Å²) in [6.45, 7) is -0.391. The topological polar surface area (TPSA) is 63.4 Å².